The van der Waals surface area contributed by atoms with Crippen LogP contribution in [0, 0.1) is 0 Å². The lowest BCUT2D eigenvalue weighted by atomic mass is 10.0. The Hall–Kier alpha value is -1.67. The molecule has 0 bridgehead atoms. The monoisotopic (exact) mass is 248 g/mol. The van der Waals surface area contributed by atoms with E-state index in [2.05, 4.69) is 0 Å². The molecule has 0 aliphatic rings. The summed E-state index contributed by atoms with van der Waals surface area (Å²) in [6, 6.07) is 13.3. The van der Waals surface area contributed by atoms with Crippen molar-refractivity contribution in [1.29, 1.82) is 0 Å². The summed E-state index contributed by atoms with van der Waals surface area (Å²) in [5.41, 5.74) is 1.90. The standard InChI is InChI=1S/C14H13ClO2/c1-16-12-7-4-8-13(17-2)14(12)10-5-3-6-11(15)9-10/h3-9H,1-2H3. The molecular formula is C14H13ClO2. The van der Waals surface area contributed by atoms with Gasteiger partial charge in [0.05, 0.1) is 19.8 Å². The van der Waals surface area contributed by atoms with Crippen LogP contribution in [-0.2, 0) is 0 Å². The third-order valence-electron chi connectivity index (χ3n) is 2.54. The maximum absolute atomic E-state index is 6.00. The van der Waals surface area contributed by atoms with Crippen molar-refractivity contribution in [2.45, 2.75) is 0 Å². The molecule has 88 valence electrons. The Kier molecular flexibility index (Phi) is 3.55. The SMILES string of the molecule is COc1cccc(OC)c1-c1cccc(Cl)c1. The van der Waals surface area contributed by atoms with Crippen molar-refractivity contribution in [1.82, 2.24) is 0 Å². The van der Waals surface area contributed by atoms with Crippen LogP contribution in [-0.4, -0.2) is 14.2 Å². The first-order valence-electron chi connectivity index (χ1n) is 5.23. The van der Waals surface area contributed by atoms with Crippen LogP contribution < -0.4 is 9.47 Å². The van der Waals surface area contributed by atoms with E-state index in [1.165, 1.54) is 0 Å². The molecule has 0 amide bonds. The van der Waals surface area contributed by atoms with Crippen molar-refractivity contribution in [2.24, 2.45) is 0 Å². The maximum atomic E-state index is 6.00. The predicted octanol–water partition coefficient (Wildman–Crippen LogP) is 4.02. The number of halogens is 1. The zero-order valence-corrected chi connectivity index (χ0v) is 10.5. The molecule has 0 aliphatic carbocycles. The van der Waals surface area contributed by atoms with Crippen molar-refractivity contribution in [2.75, 3.05) is 14.2 Å². The van der Waals surface area contributed by atoms with E-state index in [4.69, 9.17) is 21.1 Å². The van der Waals surface area contributed by atoms with Gasteiger partial charge in [-0.2, -0.15) is 0 Å². The van der Waals surface area contributed by atoms with Gasteiger partial charge in [-0.3, -0.25) is 0 Å². The summed E-state index contributed by atoms with van der Waals surface area (Å²) in [6.45, 7) is 0. The Morgan fingerprint density at radius 3 is 2.00 bits per heavy atom. The molecular weight excluding hydrogens is 236 g/mol. The van der Waals surface area contributed by atoms with E-state index in [0.29, 0.717) is 5.02 Å². The third kappa shape index (κ3) is 2.37. The van der Waals surface area contributed by atoms with E-state index < -0.39 is 0 Å². The Bertz CT molecular complexity index is 501. The highest BCUT2D eigenvalue weighted by molar-refractivity contribution is 6.30. The lowest BCUT2D eigenvalue weighted by molar-refractivity contribution is 0.397. The Labute approximate surface area is 106 Å². The first kappa shape index (κ1) is 11.8. The van der Waals surface area contributed by atoms with E-state index in [-0.39, 0.29) is 0 Å². The minimum atomic E-state index is 0.690. The lowest BCUT2D eigenvalue weighted by Crippen LogP contribution is -1.92. The summed E-state index contributed by atoms with van der Waals surface area (Å²) in [5.74, 6) is 1.54. The molecule has 0 heterocycles. The summed E-state index contributed by atoms with van der Waals surface area (Å²) < 4.78 is 10.7. The highest BCUT2D eigenvalue weighted by atomic mass is 35.5. The fraction of sp³-hybridized carbons (Fsp3) is 0.143. The van der Waals surface area contributed by atoms with Gasteiger partial charge in [-0.15, -0.1) is 0 Å². The number of hydrogen-bond acceptors (Lipinski definition) is 2. The fourth-order valence-corrected chi connectivity index (χ4v) is 1.97. The molecule has 0 spiro atoms. The van der Waals surface area contributed by atoms with Gasteiger partial charge in [-0.25, -0.2) is 0 Å². The van der Waals surface area contributed by atoms with Crippen LogP contribution in [0.15, 0.2) is 42.5 Å². The van der Waals surface area contributed by atoms with E-state index in [1.54, 1.807) is 14.2 Å². The number of benzene rings is 2. The number of methoxy groups -OCH3 is 2. The molecule has 2 rings (SSSR count). The zero-order valence-electron chi connectivity index (χ0n) is 9.74. The fourth-order valence-electron chi connectivity index (χ4n) is 1.78. The normalized spacial score (nSPS) is 10.1. The molecule has 0 aromatic heterocycles. The quantitative estimate of drug-likeness (QED) is 0.817. The first-order valence-corrected chi connectivity index (χ1v) is 5.61. The number of rotatable bonds is 3. The molecule has 3 heteroatoms. The summed E-state index contributed by atoms with van der Waals surface area (Å²) in [5, 5.41) is 0.690. The second-order valence-electron chi connectivity index (χ2n) is 3.55. The van der Waals surface area contributed by atoms with Crippen molar-refractivity contribution in [3.8, 4) is 22.6 Å². The van der Waals surface area contributed by atoms with E-state index >= 15 is 0 Å². The summed E-state index contributed by atoms with van der Waals surface area (Å²) in [7, 11) is 3.28. The van der Waals surface area contributed by atoms with Crippen molar-refractivity contribution in [3.63, 3.8) is 0 Å². The topological polar surface area (TPSA) is 18.5 Å². The van der Waals surface area contributed by atoms with Gasteiger partial charge in [0.1, 0.15) is 11.5 Å². The second kappa shape index (κ2) is 5.11. The molecule has 0 N–H and O–H groups in total. The first-order chi connectivity index (χ1) is 8.26. The minimum Gasteiger partial charge on any atom is -0.496 e. The van der Waals surface area contributed by atoms with Gasteiger partial charge in [0.2, 0.25) is 0 Å². The molecule has 0 saturated heterocycles. The van der Waals surface area contributed by atoms with Crippen molar-refractivity contribution < 1.29 is 9.47 Å². The van der Waals surface area contributed by atoms with Gasteiger partial charge >= 0.3 is 0 Å². The number of hydrogen-bond donors (Lipinski definition) is 0. The predicted molar refractivity (Wildman–Crippen MR) is 70.0 cm³/mol. The van der Waals surface area contributed by atoms with E-state index in [1.807, 2.05) is 42.5 Å². The Balaban J connectivity index is 2.64. The highest BCUT2D eigenvalue weighted by Crippen LogP contribution is 2.38. The lowest BCUT2D eigenvalue weighted by Gasteiger charge is -2.13. The van der Waals surface area contributed by atoms with E-state index in [9.17, 15) is 0 Å². The van der Waals surface area contributed by atoms with Crippen LogP contribution in [0.2, 0.25) is 5.02 Å². The van der Waals surface area contributed by atoms with Crippen LogP contribution in [0.3, 0.4) is 0 Å². The summed E-state index contributed by atoms with van der Waals surface area (Å²) in [6.07, 6.45) is 0. The minimum absolute atomic E-state index is 0.690. The van der Waals surface area contributed by atoms with Gasteiger partial charge in [0, 0.05) is 5.02 Å². The van der Waals surface area contributed by atoms with Crippen molar-refractivity contribution in [3.05, 3.63) is 47.5 Å². The molecule has 0 fully saturated rings. The average molecular weight is 249 g/mol. The van der Waals surface area contributed by atoms with Crippen LogP contribution in [0.4, 0.5) is 0 Å². The molecule has 2 aromatic carbocycles. The van der Waals surface area contributed by atoms with Gasteiger partial charge < -0.3 is 9.47 Å². The van der Waals surface area contributed by atoms with Crippen LogP contribution >= 0.6 is 11.6 Å². The van der Waals surface area contributed by atoms with Gasteiger partial charge in [0.15, 0.2) is 0 Å². The van der Waals surface area contributed by atoms with Gasteiger partial charge in [0.25, 0.3) is 0 Å². The molecule has 0 atom stereocenters. The van der Waals surface area contributed by atoms with Crippen LogP contribution in [0.25, 0.3) is 11.1 Å². The van der Waals surface area contributed by atoms with Crippen molar-refractivity contribution >= 4 is 11.6 Å². The molecule has 0 aliphatic heterocycles. The summed E-state index contributed by atoms with van der Waals surface area (Å²) >= 11 is 6.00. The molecule has 0 saturated carbocycles. The van der Waals surface area contributed by atoms with Crippen LogP contribution in [0.1, 0.15) is 0 Å². The molecule has 17 heavy (non-hydrogen) atoms. The molecule has 2 nitrogen and oxygen atoms in total. The smallest absolute Gasteiger partial charge is 0.130 e. The van der Waals surface area contributed by atoms with Gasteiger partial charge in [-0.05, 0) is 29.8 Å². The zero-order chi connectivity index (χ0) is 12.3. The molecule has 0 radical (unpaired) electrons. The average Bonchev–Trinajstić information content (AvgIpc) is 2.37. The van der Waals surface area contributed by atoms with Gasteiger partial charge in [-0.1, -0.05) is 29.8 Å². The van der Waals surface area contributed by atoms with E-state index in [0.717, 1.165) is 22.6 Å². The number of ether oxygens (including phenoxy) is 2. The largest absolute Gasteiger partial charge is 0.496 e. The Morgan fingerprint density at radius 1 is 0.882 bits per heavy atom. The molecule has 0 unspecified atom stereocenters. The second-order valence-corrected chi connectivity index (χ2v) is 3.98. The highest BCUT2D eigenvalue weighted by Gasteiger charge is 2.11. The molecule has 2 aromatic rings. The Morgan fingerprint density at radius 2 is 1.47 bits per heavy atom. The maximum Gasteiger partial charge on any atom is 0.130 e. The van der Waals surface area contributed by atoms with Crippen LogP contribution in [0.5, 0.6) is 11.5 Å². The third-order valence-corrected chi connectivity index (χ3v) is 2.78. The summed E-state index contributed by atoms with van der Waals surface area (Å²) in [4.78, 5) is 0.